The molecule has 14 aromatic carbocycles. The molecule has 6 nitrogen and oxygen atoms in total. The number of fused-ring (bicyclic) bond motifs is 25. The summed E-state index contributed by atoms with van der Waals surface area (Å²) >= 11 is 0. The first-order valence-corrected chi connectivity index (χ1v) is 30.5. The Morgan fingerprint density at radius 2 is 0.807 bits per heavy atom. The van der Waals surface area contributed by atoms with E-state index < -0.39 is 0 Å². The Hall–Kier alpha value is -11.5. The largest absolute Gasteiger partial charge is 0.456 e. The number of furan rings is 2. The molecule has 0 spiro atoms. The summed E-state index contributed by atoms with van der Waals surface area (Å²) in [6.07, 6.45) is 0. The van der Waals surface area contributed by atoms with E-state index >= 15 is 0 Å². The van der Waals surface area contributed by atoms with Crippen LogP contribution in [-0.2, 0) is 0 Å². The molecule has 402 valence electrons. The van der Waals surface area contributed by atoms with Crippen molar-refractivity contribution in [3.05, 3.63) is 267 Å². The Morgan fingerprint density at radius 1 is 0.284 bits per heavy atom. The lowest BCUT2D eigenvalue weighted by Crippen LogP contribution is -2.57. The quantitative estimate of drug-likeness (QED) is 0.165. The molecule has 0 radical (unpaired) electrons. The lowest BCUT2D eigenvalue weighted by molar-refractivity contribution is 0.669. The van der Waals surface area contributed by atoms with Gasteiger partial charge in [0.2, 0.25) is 0 Å². The fraction of sp³-hybridized carbons (Fsp3) is 0. The van der Waals surface area contributed by atoms with Crippen molar-refractivity contribution in [3.63, 3.8) is 0 Å². The summed E-state index contributed by atoms with van der Waals surface area (Å²) in [7, 11) is 0. The van der Waals surface area contributed by atoms with Crippen molar-refractivity contribution >= 4 is 179 Å². The summed E-state index contributed by atoms with van der Waals surface area (Å²) < 4.78 is 19.5. The van der Waals surface area contributed by atoms with Gasteiger partial charge in [-0.1, -0.05) is 182 Å². The third kappa shape index (κ3) is 5.63. The average Bonchev–Trinajstić information content (AvgIpc) is 1.27. The van der Waals surface area contributed by atoms with Crippen LogP contribution >= 0.6 is 0 Å². The van der Waals surface area contributed by atoms with E-state index in [1.165, 1.54) is 126 Å². The van der Waals surface area contributed by atoms with Crippen LogP contribution in [0.4, 0.5) is 34.1 Å². The summed E-state index contributed by atoms with van der Waals surface area (Å²) in [6, 6.07) is 99.3. The van der Waals surface area contributed by atoms with Gasteiger partial charge in [-0.3, -0.25) is 0 Å². The molecule has 8 heteroatoms. The zero-order chi connectivity index (χ0) is 56.8. The number of aromatic nitrogens is 2. The van der Waals surface area contributed by atoms with Crippen LogP contribution in [0.25, 0.3) is 142 Å². The summed E-state index contributed by atoms with van der Waals surface area (Å²) in [6.45, 7) is -0.255. The summed E-state index contributed by atoms with van der Waals surface area (Å²) in [5.74, 6) is 0. The smallest absolute Gasteiger partial charge is 0.333 e. The molecule has 18 aromatic rings. The molecule has 0 bridgehead atoms. The van der Waals surface area contributed by atoms with Gasteiger partial charge < -0.3 is 27.6 Å². The van der Waals surface area contributed by atoms with Gasteiger partial charge in [0.15, 0.2) is 0 Å². The van der Waals surface area contributed by atoms with E-state index in [2.05, 4.69) is 286 Å². The number of rotatable bonds is 3. The maximum atomic E-state index is 7.35. The molecule has 4 aliphatic heterocycles. The molecule has 88 heavy (non-hydrogen) atoms. The van der Waals surface area contributed by atoms with Gasteiger partial charge in [-0.05, 0) is 151 Å². The van der Waals surface area contributed by atoms with Gasteiger partial charge in [0.1, 0.15) is 22.3 Å². The third-order valence-corrected chi connectivity index (χ3v) is 20.4. The van der Waals surface area contributed by atoms with Crippen LogP contribution in [-0.4, -0.2) is 22.7 Å². The number of hydrogen-bond acceptors (Lipinski definition) is 4. The molecule has 0 saturated carbocycles. The molecule has 22 rings (SSSR count). The topological polar surface area (TPSA) is 42.6 Å². The second-order valence-electron chi connectivity index (χ2n) is 24.5. The van der Waals surface area contributed by atoms with Crippen LogP contribution in [0.1, 0.15) is 0 Å². The van der Waals surface area contributed by atoms with Crippen LogP contribution in [0.5, 0.6) is 0 Å². The van der Waals surface area contributed by atoms with Crippen LogP contribution < -0.4 is 31.7 Å². The van der Waals surface area contributed by atoms with Gasteiger partial charge in [0.25, 0.3) is 0 Å². The molecule has 0 aliphatic carbocycles. The summed E-state index contributed by atoms with van der Waals surface area (Å²) in [5, 5.41) is 14.4. The Balaban J connectivity index is 0.783. The summed E-state index contributed by atoms with van der Waals surface area (Å²) in [4.78, 5) is 5.07. The number of benzene rings is 14. The number of anilines is 6. The predicted octanol–water partition coefficient (Wildman–Crippen LogP) is 18.5. The monoisotopic (exact) mass is 1110 g/mol. The second-order valence-corrected chi connectivity index (χ2v) is 24.5. The molecule has 0 unspecified atom stereocenters. The third-order valence-electron chi connectivity index (χ3n) is 20.4. The van der Waals surface area contributed by atoms with Crippen molar-refractivity contribution < 1.29 is 8.83 Å². The van der Waals surface area contributed by atoms with Crippen molar-refractivity contribution in [2.24, 2.45) is 0 Å². The van der Waals surface area contributed by atoms with E-state index in [-0.39, 0.29) is 13.7 Å². The van der Waals surface area contributed by atoms with E-state index in [4.69, 9.17) is 8.83 Å². The highest BCUT2D eigenvalue weighted by Crippen LogP contribution is 2.53. The maximum absolute atomic E-state index is 7.35. The van der Waals surface area contributed by atoms with Crippen LogP contribution in [0, 0.1) is 0 Å². The Morgan fingerprint density at radius 3 is 1.50 bits per heavy atom. The van der Waals surface area contributed by atoms with Crippen LogP contribution in [0.15, 0.2) is 276 Å². The first-order valence-electron chi connectivity index (χ1n) is 30.5. The van der Waals surface area contributed by atoms with E-state index in [1.54, 1.807) is 0 Å². The van der Waals surface area contributed by atoms with E-state index in [1.807, 2.05) is 0 Å². The Labute approximate surface area is 503 Å². The van der Waals surface area contributed by atoms with Crippen molar-refractivity contribution in [1.29, 1.82) is 0 Å². The fourth-order valence-corrected chi connectivity index (χ4v) is 17.0. The van der Waals surface area contributed by atoms with Gasteiger partial charge >= 0.3 is 13.7 Å². The number of para-hydroxylation sites is 7. The normalized spacial score (nSPS) is 13.6. The highest BCUT2D eigenvalue weighted by atomic mass is 16.3. The fourth-order valence-electron chi connectivity index (χ4n) is 17.0. The Bertz CT molecular complexity index is 6230. The standard InChI is InChI=1S/C80H44B2N4O2/c1-3-18-50(19-4-1)83-66-38-36-45-17-7-8-22-52(45)74(66)82-76-62(58-29-16-27-56-54-24-10-13-31-65(54)86(82)78(56)58)44-71-73(80(76)83)60-37-35-48(42-69(60)88-71)46-33-34-47-41-67-63(40-49(47)39-46)81-75-61(57-28-15-26-55-53-23-9-12-30-64(53)85(81)77(55)57)43-70-72(59-25-11-14-32-68(59)87-70)79(75)84(67)51-20-5-2-6-21-51/h1-44H. The summed E-state index contributed by atoms with van der Waals surface area (Å²) in [5.41, 5.74) is 27.6. The Kier molecular flexibility index (Phi) is 8.49. The second kappa shape index (κ2) is 16.3. The minimum Gasteiger partial charge on any atom is -0.456 e. The molecule has 4 aliphatic rings. The molecule has 0 fully saturated rings. The van der Waals surface area contributed by atoms with Gasteiger partial charge in [-0.2, -0.15) is 0 Å². The van der Waals surface area contributed by atoms with Gasteiger partial charge in [0, 0.05) is 88.3 Å². The van der Waals surface area contributed by atoms with Gasteiger partial charge in [-0.15, -0.1) is 0 Å². The molecule has 0 atom stereocenters. The number of nitrogens with zero attached hydrogens (tertiary/aromatic N) is 4. The first-order chi connectivity index (χ1) is 43.7. The minimum atomic E-state index is -0.141. The number of hydrogen-bond donors (Lipinski definition) is 0. The first kappa shape index (κ1) is 45.9. The van der Waals surface area contributed by atoms with Crippen LogP contribution in [0.2, 0.25) is 0 Å². The maximum Gasteiger partial charge on any atom is 0.333 e. The highest BCUT2D eigenvalue weighted by Gasteiger charge is 2.47. The van der Waals surface area contributed by atoms with E-state index in [0.717, 1.165) is 72.1 Å². The van der Waals surface area contributed by atoms with Crippen molar-refractivity contribution in [1.82, 2.24) is 8.96 Å². The van der Waals surface area contributed by atoms with Crippen LogP contribution in [0.3, 0.4) is 0 Å². The van der Waals surface area contributed by atoms with Crippen molar-refractivity contribution in [3.8, 4) is 33.4 Å². The molecular weight excluding hydrogens is 1070 g/mol. The van der Waals surface area contributed by atoms with E-state index in [9.17, 15) is 0 Å². The minimum absolute atomic E-state index is 0.114. The van der Waals surface area contributed by atoms with Crippen molar-refractivity contribution in [2.45, 2.75) is 0 Å². The highest BCUT2D eigenvalue weighted by molar-refractivity contribution is 6.92. The molecule has 0 amide bonds. The van der Waals surface area contributed by atoms with E-state index in [0.29, 0.717) is 0 Å². The zero-order valence-corrected chi connectivity index (χ0v) is 47.2. The predicted molar refractivity (Wildman–Crippen MR) is 369 cm³/mol. The lowest BCUT2D eigenvalue weighted by Gasteiger charge is -2.41. The van der Waals surface area contributed by atoms with Gasteiger partial charge in [0.05, 0.1) is 22.1 Å². The molecule has 0 N–H and O–H groups in total. The zero-order valence-electron chi connectivity index (χ0n) is 47.2. The lowest BCUT2D eigenvalue weighted by atomic mass is 9.44. The van der Waals surface area contributed by atoms with Gasteiger partial charge in [-0.25, -0.2) is 0 Å². The molecule has 4 aromatic heterocycles. The molecule has 8 heterocycles. The van der Waals surface area contributed by atoms with Crippen molar-refractivity contribution in [2.75, 3.05) is 9.80 Å². The molecule has 0 saturated heterocycles. The SMILES string of the molecule is c1ccc(N2c3cc4ccc(-c5ccc6c(c5)oc5cc7c8c(c56)N(c5ccccc5)c5ccc6ccccc6c5B8n5c6ccccc6c6cccc-7c65)cc4cc3B3c4c(cc5oc6ccccc6c5c42)-c2cccc4c5ccccc5n3c24)cc1. The average molecular weight is 1110 g/mol. The molecular formula is C80H44B2N4O2.